The molecule has 3 aliphatic rings. The van der Waals surface area contributed by atoms with Gasteiger partial charge < -0.3 is 19.7 Å². The summed E-state index contributed by atoms with van der Waals surface area (Å²) >= 11 is 0. The van der Waals surface area contributed by atoms with E-state index < -0.39 is 11.9 Å². The highest BCUT2D eigenvalue weighted by atomic mass is 16.5. The lowest BCUT2D eigenvalue weighted by molar-refractivity contribution is -0.136. The third-order valence-corrected chi connectivity index (χ3v) is 4.94. The van der Waals surface area contributed by atoms with Crippen LogP contribution in [0.3, 0.4) is 0 Å². The SMILES string of the molecule is O=C1CCC(N2Cc3cc(OCC4COCCN4)ccc3C2=O)C(=O)N1. The molecule has 138 valence electrons. The van der Waals surface area contributed by atoms with E-state index in [1.54, 1.807) is 12.1 Å². The molecule has 3 heterocycles. The second-order valence-corrected chi connectivity index (χ2v) is 6.76. The molecule has 2 N–H and O–H groups in total. The van der Waals surface area contributed by atoms with Crippen molar-refractivity contribution >= 4 is 17.7 Å². The van der Waals surface area contributed by atoms with Crippen molar-refractivity contribution in [2.24, 2.45) is 0 Å². The maximum Gasteiger partial charge on any atom is 0.255 e. The number of carbonyl (C=O) groups excluding carboxylic acids is 3. The molecule has 2 fully saturated rings. The minimum atomic E-state index is -0.597. The van der Waals surface area contributed by atoms with Crippen molar-refractivity contribution in [3.8, 4) is 5.75 Å². The van der Waals surface area contributed by atoms with Crippen molar-refractivity contribution in [3.63, 3.8) is 0 Å². The fraction of sp³-hybridized carbons (Fsp3) is 0.500. The third kappa shape index (κ3) is 3.30. The Hall–Kier alpha value is -2.45. The summed E-state index contributed by atoms with van der Waals surface area (Å²) in [5, 5.41) is 5.63. The Kier molecular flexibility index (Phi) is 4.60. The third-order valence-electron chi connectivity index (χ3n) is 4.94. The summed E-state index contributed by atoms with van der Waals surface area (Å²) in [6.07, 6.45) is 0.614. The van der Waals surface area contributed by atoms with Crippen molar-refractivity contribution in [3.05, 3.63) is 29.3 Å². The van der Waals surface area contributed by atoms with Gasteiger partial charge in [0.05, 0.1) is 19.3 Å². The van der Waals surface area contributed by atoms with Gasteiger partial charge in [0.2, 0.25) is 11.8 Å². The van der Waals surface area contributed by atoms with Crippen molar-refractivity contribution < 1.29 is 23.9 Å². The minimum absolute atomic E-state index is 0.151. The summed E-state index contributed by atoms with van der Waals surface area (Å²) in [6, 6.07) is 4.92. The molecule has 8 nitrogen and oxygen atoms in total. The smallest absolute Gasteiger partial charge is 0.255 e. The zero-order chi connectivity index (χ0) is 18.1. The number of nitrogens with zero attached hydrogens (tertiary/aromatic N) is 1. The van der Waals surface area contributed by atoms with Crippen LogP contribution in [0.4, 0.5) is 0 Å². The maximum absolute atomic E-state index is 12.6. The van der Waals surface area contributed by atoms with Gasteiger partial charge in [-0.25, -0.2) is 0 Å². The number of nitrogens with one attached hydrogen (secondary N) is 2. The number of hydrogen-bond donors (Lipinski definition) is 2. The monoisotopic (exact) mass is 359 g/mol. The fourth-order valence-electron chi connectivity index (χ4n) is 3.56. The number of morpholine rings is 1. The van der Waals surface area contributed by atoms with Gasteiger partial charge in [-0.3, -0.25) is 19.7 Å². The number of rotatable bonds is 4. The van der Waals surface area contributed by atoms with Gasteiger partial charge in [0.25, 0.3) is 5.91 Å². The van der Waals surface area contributed by atoms with E-state index >= 15 is 0 Å². The lowest BCUT2D eigenvalue weighted by atomic mass is 10.0. The zero-order valence-electron chi connectivity index (χ0n) is 14.3. The van der Waals surface area contributed by atoms with Crippen LogP contribution in [0.2, 0.25) is 0 Å². The average Bonchev–Trinajstić information content (AvgIpc) is 2.97. The van der Waals surface area contributed by atoms with Crippen molar-refractivity contribution in [2.75, 3.05) is 26.4 Å². The van der Waals surface area contributed by atoms with Gasteiger partial charge in [-0.2, -0.15) is 0 Å². The van der Waals surface area contributed by atoms with Crippen LogP contribution in [0.1, 0.15) is 28.8 Å². The summed E-state index contributed by atoms with van der Waals surface area (Å²) in [5.74, 6) is -0.175. The molecule has 8 heteroatoms. The summed E-state index contributed by atoms with van der Waals surface area (Å²) < 4.78 is 11.2. The second-order valence-electron chi connectivity index (χ2n) is 6.76. The van der Waals surface area contributed by atoms with Gasteiger partial charge in [0.1, 0.15) is 18.4 Å². The number of hydrogen-bond acceptors (Lipinski definition) is 6. The highest BCUT2D eigenvalue weighted by Crippen LogP contribution is 2.30. The van der Waals surface area contributed by atoms with Gasteiger partial charge in [-0.15, -0.1) is 0 Å². The summed E-state index contributed by atoms with van der Waals surface area (Å²) in [5.41, 5.74) is 1.42. The normalized spacial score (nSPS) is 25.8. The predicted molar refractivity (Wildman–Crippen MR) is 90.6 cm³/mol. The van der Waals surface area contributed by atoms with E-state index in [-0.39, 0.29) is 24.3 Å². The standard InChI is InChI=1S/C18H21N3O5/c22-16-4-3-15(17(23)20-16)21-8-11-7-13(1-2-14(11)18(21)24)26-10-12-9-25-6-5-19-12/h1-2,7,12,15,19H,3-6,8-10H2,(H,20,22,23). The van der Waals surface area contributed by atoms with Crippen molar-refractivity contribution in [2.45, 2.75) is 31.5 Å². The Bertz CT molecular complexity index is 744. The molecule has 3 amide bonds. The zero-order valence-corrected chi connectivity index (χ0v) is 14.3. The fourth-order valence-corrected chi connectivity index (χ4v) is 3.56. The molecular formula is C18H21N3O5. The molecule has 0 saturated carbocycles. The highest BCUT2D eigenvalue weighted by molar-refractivity contribution is 6.05. The van der Waals surface area contributed by atoms with Gasteiger partial charge in [-0.05, 0) is 30.2 Å². The second kappa shape index (κ2) is 7.05. The predicted octanol–water partition coefficient (Wildman–Crippen LogP) is -0.185. The molecule has 1 aromatic rings. The van der Waals surface area contributed by atoms with Crippen LogP contribution in [0.25, 0.3) is 0 Å². The first-order valence-corrected chi connectivity index (χ1v) is 8.83. The lowest BCUT2D eigenvalue weighted by Gasteiger charge is -2.29. The summed E-state index contributed by atoms with van der Waals surface area (Å²) in [4.78, 5) is 37.5. The van der Waals surface area contributed by atoms with Crippen LogP contribution < -0.4 is 15.4 Å². The number of ether oxygens (including phenoxy) is 2. The van der Waals surface area contributed by atoms with Crippen LogP contribution in [0, 0.1) is 0 Å². The molecule has 0 aliphatic carbocycles. The van der Waals surface area contributed by atoms with Gasteiger partial charge >= 0.3 is 0 Å². The van der Waals surface area contributed by atoms with E-state index in [9.17, 15) is 14.4 Å². The van der Waals surface area contributed by atoms with Crippen LogP contribution in [-0.2, 0) is 20.9 Å². The molecule has 26 heavy (non-hydrogen) atoms. The molecule has 4 rings (SSSR count). The summed E-state index contributed by atoms with van der Waals surface area (Å²) in [6.45, 7) is 2.99. The van der Waals surface area contributed by atoms with Crippen LogP contribution in [0.5, 0.6) is 5.75 Å². The first kappa shape index (κ1) is 17.0. The molecule has 0 aromatic heterocycles. The van der Waals surface area contributed by atoms with Gasteiger partial charge in [0.15, 0.2) is 0 Å². The number of benzene rings is 1. The molecule has 2 saturated heterocycles. The molecule has 0 spiro atoms. The van der Waals surface area contributed by atoms with E-state index in [1.807, 2.05) is 6.07 Å². The molecule has 0 radical (unpaired) electrons. The Morgan fingerprint density at radius 2 is 2.15 bits per heavy atom. The van der Waals surface area contributed by atoms with Gasteiger partial charge in [-0.1, -0.05) is 0 Å². The van der Waals surface area contributed by atoms with Crippen molar-refractivity contribution in [1.82, 2.24) is 15.5 Å². The Labute approximate surface area is 150 Å². The minimum Gasteiger partial charge on any atom is -0.492 e. The molecule has 3 aliphatic heterocycles. The topological polar surface area (TPSA) is 97.0 Å². The molecule has 2 atom stereocenters. The van der Waals surface area contributed by atoms with E-state index in [2.05, 4.69) is 10.6 Å². The summed E-state index contributed by atoms with van der Waals surface area (Å²) in [7, 11) is 0. The molecule has 0 bridgehead atoms. The van der Waals surface area contributed by atoms with Crippen LogP contribution in [0.15, 0.2) is 18.2 Å². The largest absolute Gasteiger partial charge is 0.492 e. The number of fused-ring (bicyclic) bond motifs is 1. The lowest BCUT2D eigenvalue weighted by Crippen LogP contribution is -2.52. The Morgan fingerprint density at radius 3 is 2.92 bits per heavy atom. The quantitative estimate of drug-likeness (QED) is 0.724. The van der Waals surface area contributed by atoms with E-state index in [4.69, 9.17) is 9.47 Å². The number of imide groups is 1. The Balaban J connectivity index is 1.43. The maximum atomic E-state index is 12.6. The van der Waals surface area contributed by atoms with E-state index in [0.717, 1.165) is 12.1 Å². The van der Waals surface area contributed by atoms with Crippen molar-refractivity contribution in [1.29, 1.82) is 0 Å². The Morgan fingerprint density at radius 1 is 1.27 bits per heavy atom. The number of amides is 3. The molecule has 1 aromatic carbocycles. The first-order valence-electron chi connectivity index (χ1n) is 8.83. The average molecular weight is 359 g/mol. The van der Waals surface area contributed by atoms with Crippen LogP contribution in [-0.4, -0.2) is 61.1 Å². The highest BCUT2D eigenvalue weighted by Gasteiger charge is 2.39. The number of carbonyl (C=O) groups is 3. The molecule has 2 unspecified atom stereocenters. The van der Waals surface area contributed by atoms with Gasteiger partial charge in [0, 0.05) is 25.1 Å². The first-order chi connectivity index (χ1) is 12.6. The number of piperidine rings is 1. The van der Waals surface area contributed by atoms with E-state index in [1.165, 1.54) is 4.90 Å². The van der Waals surface area contributed by atoms with E-state index in [0.29, 0.717) is 44.1 Å². The van der Waals surface area contributed by atoms with Crippen LogP contribution >= 0.6 is 0 Å². The molecular weight excluding hydrogens is 338 g/mol.